The van der Waals surface area contributed by atoms with E-state index in [-0.39, 0.29) is 6.61 Å². The van der Waals surface area contributed by atoms with Crippen LogP contribution in [0.4, 0.5) is 0 Å². The Hall–Kier alpha value is -2.92. The van der Waals surface area contributed by atoms with Crippen molar-refractivity contribution < 1.29 is 5.11 Å². The van der Waals surface area contributed by atoms with E-state index < -0.39 is 7.26 Å². The van der Waals surface area contributed by atoms with E-state index in [0.717, 1.165) is 15.9 Å². The highest BCUT2D eigenvalue weighted by molar-refractivity contribution is 7.99. The molecule has 0 aliphatic rings. The second kappa shape index (κ2) is 9.14. The molecule has 0 unspecified atom stereocenters. The minimum atomic E-state index is -2.35. The first-order valence-electron chi connectivity index (χ1n) is 8.85. The fraction of sp³-hybridized carbons (Fsp3) is 0.0870. The number of rotatable bonds is 7. The lowest BCUT2D eigenvalue weighted by Gasteiger charge is -2.26. The third-order valence-electron chi connectivity index (χ3n) is 4.40. The molecule has 0 aliphatic carbocycles. The van der Waals surface area contributed by atoms with Gasteiger partial charge in [-0.15, -0.1) is 0 Å². The number of allylic oxidation sites excluding steroid dienone is 1. The van der Waals surface area contributed by atoms with Crippen molar-refractivity contribution in [1.82, 2.24) is 5.32 Å². The van der Waals surface area contributed by atoms with Gasteiger partial charge in [0.05, 0.1) is 12.8 Å². The second-order valence-electron chi connectivity index (χ2n) is 6.00. The van der Waals surface area contributed by atoms with E-state index in [1.807, 2.05) is 54.6 Å². The van der Waals surface area contributed by atoms with Gasteiger partial charge < -0.3 is 10.4 Å². The fourth-order valence-electron chi connectivity index (χ4n) is 3.26. The van der Waals surface area contributed by atoms with Crippen LogP contribution in [-0.2, 0) is 0 Å². The Balaban J connectivity index is 2.36. The summed E-state index contributed by atoms with van der Waals surface area (Å²) in [5, 5.41) is 26.4. The second-order valence-corrected chi connectivity index (χ2v) is 9.37. The minimum absolute atomic E-state index is 0.0165. The quantitative estimate of drug-likeness (QED) is 0.380. The van der Waals surface area contributed by atoms with Gasteiger partial charge in [-0.25, -0.2) is 0 Å². The lowest BCUT2D eigenvalue weighted by molar-refractivity contribution is 0.298. The van der Waals surface area contributed by atoms with Crippen LogP contribution >= 0.6 is 7.26 Å². The van der Waals surface area contributed by atoms with Crippen LogP contribution < -0.4 is 21.2 Å². The number of benzene rings is 3. The number of nitriles is 1. The van der Waals surface area contributed by atoms with Crippen LogP contribution in [0.1, 0.15) is 0 Å². The molecule has 3 nitrogen and oxygen atoms in total. The molecule has 3 aromatic carbocycles. The topological polar surface area (TPSA) is 56.0 Å². The number of hydrogen-bond donors (Lipinski definition) is 2. The SMILES string of the molecule is N#C/C(=C\NCCO)[P+](c1ccccc1)(c1ccccc1)c1ccccc1. The molecule has 4 heteroatoms. The largest absolute Gasteiger partial charge is 0.395 e. The lowest BCUT2D eigenvalue weighted by Crippen LogP contribution is -2.32. The van der Waals surface area contributed by atoms with Crippen LogP contribution in [0.3, 0.4) is 0 Å². The molecule has 0 saturated carbocycles. The maximum Gasteiger partial charge on any atom is 0.201 e. The normalized spacial score (nSPS) is 11.6. The predicted octanol–water partition coefficient (Wildman–Crippen LogP) is 2.93. The van der Waals surface area contributed by atoms with Crippen LogP contribution in [0, 0.1) is 11.3 Å². The Kier molecular flexibility index (Phi) is 6.39. The summed E-state index contributed by atoms with van der Waals surface area (Å²) in [6, 6.07) is 33.2. The molecule has 3 aromatic rings. The van der Waals surface area contributed by atoms with Gasteiger partial charge in [0, 0.05) is 6.54 Å². The first-order chi connectivity index (χ1) is 13.3. The molecule has 0 atom stereocenters. The molecule has 0 fully saturated rings. The van der Waals surface area contributed by atoms with Crippen molar-refractivity contribution in [2.45, 2.75) is 0 Å². The van der Waals surface area contributed by atoms with Crippen molar-refractivity contribution >= 4 is 23.2 Å². The van der Waals surface area contributed by atoms with E-state index >= 15 is 0 Å². The van der Waals surface area contributed by atoms with Gasteiger partial charge in [-0.2, -0.15) is 5.26 Å². The van der Waals surface area contributed by atoms with E-state index in [9.17, 15) is 5.26 Å². The summed E-state index contributed by atoms with van der Waals surface area (Å²) in [5.74, 6) is 0. The van der Waals surface area contributed by atoms with E-state index in [1.54, 1.807) is 6.20 Å². The third kappa shape index (κ3) is 3.78. The maximum atomic E-state index is 10.2. The number of nitrogens with one attached hydrogen (secondary N) is 1. The number of hydrogen-bond acceptors (Lipinski definition) is 3. The van der Waals surface area contributed by atoms with Crippen molar-refractivity contribution in [3.05, 3.63) is 103 Å². The van der Waals surface area contributed by atoms with Gasteiger partial charge in [0.15, 0.2) is 7.26 Å². The van der Waals surface area contributed by atoms with Crippen LogP contribution in [0.2, 0.25) is 0 Å². The Morgan fingerprint density at radius 1 is 0.815 bits per heavy atom. The summed E-state index contributed by atoms with van der Waals surface area (Å²) in [4.78, 5) is 0. The van der Waals surface area contributed by atoms with Gasteiger partial charge in [0.25, 0.3) is 0 Å². The number of aliphatic hydroxyl groups excluding tert-OH is 1. The summed E-state index contributed by atoms with van der Waals surface area (Å²) < 4.78 is 0. The van der Waals surface area contributed by atoms with Gasteiger partial charge in [0.1, 0.15) is 22.0 Å². The Morgan fingerprint density at radius 3 is 1.56 bits per heavy atom. The summed E-state index contributed by atoms with van der Waals surface area (Å²) in [6.45, 7) is 0.423. The van der Waals surface area contributed by atoms with Gasteiger partial charge in [-0.05, 0) is 36.4 Å². The smallest absolute Gasteiger partial charge is 0.201 e. The zero-order valence-corrected chi connectivity index (χ0v) is 15.9. The van der Waals surface area contributed by atoms with E-state index in [2.05, 4.69) is 47.8 Å². The van der Waals surface area contributed by atoms with E-state index in [4.69, 9.17) is 5.11 Å². The van der Waals surface area contributed by atoms with E-state index in [0.29, 0.717) is 11.9 Å². The molecule has 0 heterocycles. The average molecular weight is 373 g/mol. The number of nitrogens with zero attached hydrogens (tertiary/aromatic N) is 1. The molecular weight excluding hydrogens is 351 g/mol. The summed E-state index contributed by atoms with van der Waals surface area (Å²) >= 11 is 0. The molecule has 27 heavy (non-hydrogen) atoms. The third-order valence-corrected chi connectivity index (χ3v) is 8.57. The zero-order valence-electron chi connectivity index (χ0n) is 15.0. The van der Waals surface area contributed by atoms with Crippen molar-refractivity contribution in [3.63, 3.8) is 0 Å². The predicted molar refractivity (Wildman–Crippen MR) is 114 cm³/mol. The van der Waals surface area contributed by atoms with Crippen LogP contribution in [0.15, 0.2) is 103 Å². The molecule has 2 N–H and O–H groups in total. The fourth-order valence-corrected chi connectivity index (χ4v) is 7.28. The van der Waals surface area contributed by atoms with E-state index in [1.165, 1.54) is 0 Å². The van der Waals surface area contributed by atoms with Crippen molar-refractivity contribution in [2.24, 2.45) is 0 Å². The van der Waals surface area contributed by atoms with Gasteiger partial charge >= 0.3 is 0 Å². The monoisotopic (exact) mass is 373 g/mol. The van der Waals surface area contributed by atoms with Crippen molar-refractivity contribution in [3.8, 4) is 6.07 Å². The molecule has 134 valence electrons. The highest BCUT2D eigenvalue weighted by Crippen LogP contribution is 2.61. The molecule has 0 spiro atoms. The minimum Gasteiger partial charge on any atom is -0.395 e. The van der Waals surface area contributed by atoms with Gasteiger partial charge in [-0.1, -0.05) is 54.6 Å². The summed E-state index contributed by atoms with van der Waals surface area (Å²) in [6.07, 6.45) is 1.77. The molecule has 0 amide bonds. The summed E-state index contributed by atoms with van der Waals surface area (Å²) in [5.41, 5.74) is 0. The summed E-state index contributed by atoms with van der Waals surface area (Å²) in [7, 11) is -2.35. The van der Waals surface area contributed by atoms with Crippen molar-refractivity contribution in [2.75, 3.05) is 13.2 Å². The average Bonchev–Trinajstić information content (AvgIpc) is 2.75. The highest BCUT2D eigenvalue weighted by Gasteiger charge is 2.50. The van der Waals surface area contributed by atoms with Crippen LogP contribution in [0.5, 0.6) is 0 Å². The molecule has 0 aliphatic heterocycles. The molecule has 0 bridgehead atoms. The highest BCUT2D eigenvalue weighted by atomic mass is 31.2. The zero-order chi connectivity index (χ0) is 19.0. The Morgan fingerprint density at radius 2 is 1.22 bits per heavy atom. The first kappa shape index (κ1) is 18.9. The molecule has 0 saturated heterocycles. The molecule has 0 aromatic heterocycles. The number of aliphatic hydroxyl groups is 1. The van der Waals surface area contributed by atoms with Gasteiger partial charge in [0.2, 0.25) is 5.31 Å². The maximum absolute atomic E-state index is 10.2. The van der Waals surface area contributed by atoms with Gasteiger partial charge in [-0.3, -0.25) is 0 Å². The lowest BCUT2D eigenvalue weighted by atomic mass is 10.4. The standard InChI is InChI=1S/C23H22N2OP/c24-18-23(19-25-16-17-26)27(20-10-4-1-5-11-20,21-12-6-2-7-13-21)22-14-8-3-9-15-22/h1-15,19,25-26H,16-17H2/q+1/b23-19+. The first-order valence-corrected chi connectivity index (χ1v) is 10.6. The van der Waals surface area contributed by atoms with Crippen LogP contribution in [-0.4, -0.2) is 18.3 Å². The molecule has 3 rings (SSSR count). The Labute approximate surface area is 161 Å². The van der Waals surface area contributed by atoms with Crippen molar-refractivity contribution in [1.29, 1.82) is 5.26 Å². The molecular formula is C23H22N2OP+. The van der Waals surface area contributed by atoms with Crippen LogP contribution in [0.25, 0.3) is 0 Å². The molecule has 0 radical (unpaired) electrons. The Bertz CT molecular complexity index is 822.